The number of nitriles is 1. The number of benzene rings is 1. The summed E-state index contributed by atoms with van der Waals surface area (Å²) < 4.78 is 6.17. The second-order valence-electron chi connectivity index (χ2n) is 2.91. The molecular formula is C10H11BrN2O. The molecule has 1 aromatic rings. The minimum atomic E-state index is 0.555. The van der Waals surface area contributed by atoms with E-state index < -0.39 is 0 Å². The molecule has 0 aromatic heterocycles. The number of ether oxygens (including phenoxy) is 1. The van der Waals surface area contributed by atoms with Crippen molar-refractivity contribution < 1.29 is 4.74 Å². The van der Waals surface area contributed by atoms with Gasteiger partial charge in [-0.3, -0.25) is 0 Å². The number of nitrogens with zero attached hydrogens (tertiary/aromatic N) is 2. The van der Waals surface area contributed by atoms with Crippen LogP contribution in [0.4, 0.5) is 0 Å². The van der Waals surface area contributed by atoms with Crippen LogP contribution >= 0.6 is 15.9 Å². The lowest BCUT2D eigenvalue weighted by atomic mass is 10.2. The summed E-state index contributed by atoms with van der Waals surface area (Å²) >= 11 is 3.38. The molecular weight excluding hydrogens is 244 g/mol. The molecule has 0 radical (unpaired) electrons. The minimum Gasteiger partial charge on any atom is -0.496 e. The minimum absolute atomic E-state index is 0.555. The summed E-state index contributed by atoms with van der Waals surface area (Å²) in [7, 11) is 3.36. The van der Waals surface area contributed by atoms with E-state index >= 15 is 0 Å². The summed E-state index contributed by atoms with van der Waals surface area (Å²) in [5.74, 6) is 0.801. The monoisotopic (exact) mass is 254 g/mol. The van der Waals surface area contributed by atoms with Gasteiger partial charge in [0.2, 0.25) is 0 Å². The molecule has 0 unspecified atom stereocenters. The molecule has 0 aliphatic rings. The Labute approximate surface area is 92.0 Å². The first-order chi connectivity index (χ1) is 6.67. The number of hydrogen-bond donors (Lipinski definition) is 0. The number of halogens is 1. The second kappa shape index (κ2) is 4.87. The van der Waals surface area contributed by atoms with Crippen LogP contribution in [0.25, 0.3) is 0 Å². The van der Waals surface area contributed by atoms with Crippen LogP contribution < -0.4 is 4.74 Å². The van der Waals surface area contributed by atoms with E-state index in [1.54, 1.807) is 19.1 Å². The molecule has 0 atom stereocenters. The van der Waals surface area contributed by atoms with Gasteiger partial charge in [0, 0.05) is 17.1 Å². The molecule has 3 nitrogen and oxygen atoms in total. The zero-order chi connectivity index (χ0) is 10.6. The van der Waals surface area contributed by atoms with Gasteiger partial charge in [0.1, 0.15) is 5.75 Å². The summed E-state index contributed by atoms with van der Waals surface area (Å²) in [6, 6.07) is 5.74. The van der Waals surface area contributed by atoms with E-state index in [2.05, 4.69) is 15.9 Å². The van der Waals surface area contributed by atoms with Gasteiger partial charge in [0.15, 0.2) is 6.19 Å². The van der Waals surface area contributed by atoms with Crippen LogP contribution in [0.15, 0.2) is 22.7 Å². The quantitative estimate of drug-likeness (QED) is 0.614. The normalized spacial score (nSPS) is 9.29. The molecule has 0 bridgehead atoms. The number of hydrogen-bond acceptors (Lipinski definition) is 3. The highest BCUT2D eigenvalue weighted by Crippen LogP contribution is 2.23. The first-order valence-corrected chi connectivity index (χ1v) is 4.90. The largest absolute Gasteiger partial charge is 0.496 e. The van der Waals surface area contributed by atoms with E-state index in [1.807, 2.05) is 24.4 Å². The lowest BCUT2D eigenvalue weighted by Gasteiger charge is -2.12. The third-order valence-corrected chi connectivity index (χ3v) is 2.31. The van der Waals surface area contributed by atoms with Gasteiger partial charge in [-0.05, 0) is 18.2 Å². The zero-order valence-electron chi connectivity index (χ0n) is 8.12. The average Bonchev–Trinajstić information content (AvgIpc) is 2.18. The van der Waals surface area contributed by atoms with Crippen LogP contribution in [-0.4, -0.2) is 19.1 Å². The van der Waals surface area contributed by atoms with E-state index in [0.717, 1.165) is 15.8 Å². The van der Waals surface area contributed by atoms with E-state index in [-0.39, 0.29) is 0 Å². The molecule has 0 fully saturated rings. The topological polar surface area (TPSA) is 36.3 Å². The van der Waals surface area contributed by atoms with Crippen LogP contribution in [0, 0.1) is 11.5 Å². The fourth-order valence-corrected chi connectivity index (χ4v) is 1.57. The summed E-state index contributed by atoms with van der Waals surface area (Å²) in [4.78, 5) is 1.55. The van der Waals surface area contributed by atoms with Gasteiger partial charge < -0.3 is 9.64 Å². The van der Waals surface area contributed by atoms with Gasteiger partial charge in [0.05, 0.1) is 13.7 Å². The van der Waals surface area contributed by atoms with Gasteiger partial charge in [0.25, 0.3) is 0 Å². The molecule has 0 saturated carbocycles. The Bertz CT molecular complexity index is 360. The van der Waals surface area contributed by atoms with Crippen molar-refractivity contribution in [3.63, 3.8) is 0 Å². The molecule has 0 aliphatic carbocycles. The number of methoxy groups -OCH3 is 1. The second-order valence-corrected chi connectivity index (χ2v) is 3.83. The Morgan fingerprint density at radius 2 is 2.29 bits per heavy atom. The molecule has 4 heteroatoms. The Morgan fingerprint density at radius 3 is 2.86 bits per heavy atom. The van der Waals surface area contributed by atoms with Gasteiger partial charge in [-0.15, -0.1) is 0 Å². The maximum absolute atomic E-state index is 8.65. The molecule has 1 aromatic carbocycles. The fraction of sp³-hybridized carbons (Fsp3) is 0.300. The molecule has 0 saturated heterocycles. The molecule has 0 spiro atoms. The van der Waals surface area contributed by atoms with E-state index in [9.17, 15) is 0 Å². The lowest BCUT2D eigenvalue weighted by Crippen LogP contribution is -2.11. The Hall–Kier alpha value is -1.21. The predicted molar refractivity (Wildman–Crippen MR) is 57.8 cm³/mol. The Balaban J connectivity index is 2.94. The highest BCUT2D eigenvalue weighted by molar-refractivity contribution is 9.10. The van der Waals surface area contributed by atoms with Crippen molar-refractivity contribution in [3.8, 4) is 11.9 Å². The van der Waals surface area contributed by atoms with Crippen molar-refractivity contribution in [2.75, 3.05) is 14.2 Å². The lowest BCUT2D eigenvalue weighted by molar-refractivity contribution is 0.394. The molecule has 74 valence electrons. The summed E-state index contributed by atoms with van der Waals surface area (Å²) in [6.07, 6.45) is 2.05. The van der Waals surface area contributed by atoms with Crippen LogP contribution in [0.1, 0.15) is 5.56 Å². The van der Waals surface area contributed by atoms with Crippen molar-refractivity contribution in [3.05, 3.63) is 28.2 Å². The standard InChI is InChI=1S/C10H11BrN2O/c1-13(7-12)6-8-5-9(11)3-4-10(8)14-2/h3-5H,6H2,1-2H3. The third-order valence-electron chi connectivity index (χ3n) is 1.82. The van der Waals surface area contributed by atoms with Crippen molar-refractivity contribution in [1.29, 1.82) is 5.26 Å². The van der Waals surface area contributed by atoms with Crippen molar-refractivity contribution in [2.24, 2.45) is 0 Å². The maximum atomic E-state index is 8.65. The molecule has 0 heterocycles. The van der Waals surface area contributed by atoms with E-state index in [1.165, 1.54) is 0 Å². The van der Waals surface area contributed by atoms with Crippen molar-refractivity contribution >= 4 is 15.9 Å². The van der Waals surface area contributed by atoms with Crippen LogP contribution in [0.5, 0.6) is 5.75 Å². The maximum Gasteiger partial charge on any atom is 0.179 e. The summed E-state index contributed by atoms with van der Waals surface area (Å²) in [5.41, 5.74) is 0.992. The SMILES string of the molecule is COc1ccc(Br)cc1CN(C)C#N. The molecule has 0 N–H and O–H groups in total. The van der Waals surface area contributed by atoms with Crippen molar-refractivity contribution in [2.45, 2.75) is 6.54 Å². The van der Waals surface area contributed by atoms with E-state index in [4.69, 9.17) is 10.00 Å². The van der Waals surface area contributed by atoms with Gasteiger partial charge >= 0.3 is 0 Å². The smallest absolute Gasteiger partial charge is 0.179 e. The molecule has 0 amide bonds. The van der Waals surface area contributed by atoms with Crippen LogP contribution in [0.2, 0.25) is 0 Å². The summed E-state index contributed by atoms with van der Waals surface area (Å²) in [5, 5.41) is 8.65. The Morgan fingerprint density at radius 1 is 1.57 bits per heavy atom. The molecule has 14 heavy (non-hydrogen) atoms. The highest BCUT2D eigenvalue weighted by atomic mass is 79.9. The van der Waals surface area contributed by atoms with Gasteiger partial charge in [-0.1, -0.05) is 15.9 Å². The van der Waals surface area contributed by atoms with Gasteiger partial charge in [-0.25, -0.2) is 0 Å². The first kappa shape index (κ1) is 10.9. The Kier molecular flexibility index (Phi) is 3.78. The highest BCUT2D eigenvalue weighted by Gasteiger charge is 2.05. The fourth-order valence-electron chi connectivity index (χ4n) is 1.16. The predicted octanol–water partition coefficient (Wildman–Crippen LogP) is 2.37. The van der Waals surface area contributed by atoms with Crippen LogP contribution in [-0.2, 0) is 6.54 Å². The zero-order valence-corrected chi connectivity index (χ0v) is 9.71. The van der Waals surface area contributed by atoms with Crippen molar-refractivity contribution in [1.82, 2.24) is 4.90 Å². The van der Waals surface area contributed by atoms with Crippen LogP contribution in [0.3, 0.4) is 0 Å². The number of rotatable bonds is 3. The first-order valence-electron chi connectivity index (χ1n) is 4.10. The van der Waals surface area contributed by atoms with Gasteiger partial charge in [-0.2, -0.15) is 5.26 Å². The summed E-state index contributed by atoms with van der Waals surface area (Å²) in [6.45, 7) is 0.555. The average molecular weight is 255 g/mol. The third kappa shape index (κ3) is 2.64. The molecule has 0 aliphatic heterocycles. The van der Waals surface area contributed by atoms with E-state index in [0.29, 0.717) is 6.54 Å². The molecule has 1 rings (SSSR count).